The summed E-state index contributed by atoms with van der Waals surface area (Å²) >= 11 is 5.34. The highest BCUT2D eigenvalue weighted by Gasteiger charge is 2.11. The molecule has 0 unspecified atom stereocenters. The van der Waals surface area contributed by atoms with Crippen molar-refractivity contribution >= 4 is 17.3 Å². The zero-order chi connectivity index (χ0) is 13.7. The zero-order valence-corrected chi connectivity index (χ0v) is 11.9. The van der Waals surface area contributed by atoms with E-state index in [1.165, 1.54) is 0 Å². The molecule has 3 heteroatoms. The van der Waals surface area contributed by atoms with Gasteiger partial charge in [0.15, 0.2) is 5.05 Å². The molecule has 0 saturated heterocycles. The zero-order valence-electron chi connectivity index (χ0n) is 11.1. The van der Waals surface area contributed by atoms with Crippen LogP contribution in [0.5, 0.6) is 5.75 Å². The number of rotatable bonds is 4. The predicted molar refractivity (Wildman–Crippen MR) is 81.8 cm³/mol. The molecule has 0 atom stereocenters. The average Bonchev–Trinajstić information content (AvgIpc) is 2.47. The molecule has 0 bridgehead atoms. The van der Waals surface area contributed by atoms with Crippen molar-refractivity contribution < 1.29 is 9.47 Å². The second-order valence-corrected chi connectivity index (χ2v) is 4.37. The third-order valence-corrected chi connectivity index (χ3v) is 3.14. The molecule has 0 N–H and O–H groups in total. The van der Waals surface area contributed by atoms with E-state index >= 15 is 0 Å². The van der Waals surface area contributed by atoms with Crippen LogP contribution >= 0.6 is 12.2 Å². The molecule has 0 amide bonds. The number of thiocarbonyl (C=S) groups is 1. The summed E-state index contributed by atoms with van der Waals surface area (Å²) in [6.45, 7) is 2.49. The van der Waals surface area contributed by atoms with E-state index in [-0.39, 0.29) is 0 Å². The molecule has 0 aromatic heterocycles. The third kappa shape index (κ3) is 3.12. The molecule has 0 aliphatic heterocycles. The highest BCUT2D eigenvalue weighted by atomic mass is 32.1. The van der Waals surface area contributed by atoms with Gasteiger partial charge in [-0.25, -0.2) is 0 Å². The van der Waals surface area contributed by atoms with E-state index in [1.807, 2.05) is 43.3 Å². The molecule has 98 valence electrons. The predicted octanol–water partition coefficient (Wildman–Crippen LogP) is 4.07. The van der Waals surface area contributed by atoms with Crippen LogP contribution in [0.4, 0.5) is 0 Å². The Morgan fingerprint density at radius 3 is 2.47 bits per heavy atom. The number of methoxy groups -OCH3 is 1. The van der Waals surface area contributed by atoms with Crippen molar-refractivity contribution in [1.82, 2.24) is 0 Å². The van der Waals surface area contributed by atoms with E-state index in [9.17, 15) is 0 Å². The lowest BCUT2D eigenvalue weighted by molar-refractivity contribution is 0.337. The molecular weight excluding hydrogens is 256 g/mol. The number of benzene rings is 2. The molecule has 2 aromatic carbocycles. The summed E-state index contributed by atoms with van der Waals surface area (Å²) < 4.78 is 10.7. The summed E-state index contributed by atoms with van der Waals surface area (Å²) in [5.74, 6) is 0.775. The minimum atomic E-state index is 0.500. The van der Waals surface area contributed by atoms with Gasteiger partial charge in [0.05, 0.1) is 13.7 Å². The Morgan fingerprint density at radius 1 is 1.11 bits per heavy atom. The van der Waals surface area contributed by atoms with Crippen LogP contribution < -0.4 is 4.74 Å². The third-order valence-electron chi connectivity index (χ3n) is 2.81. The molecule has 2 aromatic rings. The van der Waals surface area contributed by atoms with Crippen LogP contribution in [0, 0.1) is 0 Å². The van der Waals surface area contributed by atoms with Gasteiger partial charge in [0.25, 0.3) is 0 Å². The first-order chi connectivity index (χ1) is 9.26. The lowest BCUT2D eigenvalue weighted by atomic mass is 10.00. The second-order valence-electron chi connectivity index (χ2n) is 4.00. The van der Waals surface area contributed by atoms with Gasteiger partial charge in [-0.3, -0.25) is 0 Å². The summed E-state index contributed by atoms with van der Waals surface area (Å²) in [5.41, 5.74) is 3.06. The Hall–Kier alpha value is -1.87. The second kappa shape index (κ2) is 6.34. The van der Waals surface area contributed by atoms with Crippen molar-refractivity contribution in [3.8, 4) is 16.9 Å². The maximum absolute atomic E-state index is 5.47. The molecule has 0 heterocycles. The van der Waals surface area contributed by atoms with Gasteiger partial charge in [0, 0.05) is 5.56 Å². The minimum absolute atomic E-state index is 0.500. The monoisotopic (exact) mass is 272 g/mol. The molecule has 2 rings (SSSR count). The van der Waals surface area contributed by atoms with E-state index < -0.39 is 0 Å². The lowest BCUT2D eigenvalue weighted by Gasteiger charge is -2.13. The molecule has 19 heavy (non-hydrogen) atoms. The van der Waals surface area contributed by atoms with E-state index in [0.717, 1.165) is 22.4 Å². The van der Waals surface area contributed by atoms with Crippen LogP contribution in [0.25, 0.3) is 11.1 Å². The Balaban J connectivity index is 2.51. The largest absolute Gasteiger partial charge is 0.497 e. The summed E-state index contributed by atoms with van der Waals surface area (Å²) in [7, 11) is 1.64. The van der Waals surface area contributed by atoms with Crippen LogP contribution in [0.1, 0.15) is 12.5 Å². The molecular formula is C16H16O2S. The average molecular weight is 272 g/mol. The minimum Gasteiger partial charge on any atom is -0.497 e. The first kappa shape index (κ1) is 13.6. The first-order valence-corrected chi connectivity index (χ1v) is 6.57. The quantitative estimate of drug-likeness (QED) is 0.782. The fourth-order valence-electron chi connectivity index (χ4n) is 1.90. The molecule has 0 aliphatic carbocycles. The Bertz CT molecular complexity index is 564. The van der Waals surface area contributed by atoms with Gasteiger partial charge in [-0.15, -0.1) is 0 Å². The van der Waals surface area contributed by atoms with Gasteiger partial charge in [0.1, 0.15) is 5.75 Å². The lowest BCUT2D eigenvalue weighted by Crippen LogP contribution is -2.05. The van der Waals surface area contributed by atoms with Crippen LogP contribution in [0.15, 0.2) is 48.5 Å². The van der Waals surface area contributed by atoms with Crippen molar-refractivity contribution in [2.45, 2.75) is 6.92 Å². The molecule has 0 saturated carbocycles. The smallest absolute Gasteiger partial charge is 0.191 e. The van der Waals surface area contributed by atoms with Crippen molar-refractivity contribution in [2.75, 3.05) is 13.7 Å². The van der Waals surface area contributed by atoms with Crippen molar-refractivity contribution in [3.63, 3.8) is 0 Å². The summed E-state index contributed by atoms with van der Waals surface area (Å²) in [6, 6.07) is 16.0. The number of ether oxygens (including phenoxy) is 2. The maximum atomic E-state index is 5.47. The summed E-state index contributed by atoms with van der Waals surface area (Å²) in [4.78, 5) is 0. The van der Waals surface area contributed by atoms with Crippen LogP contribution in [-0.2, 0) is 4.74 Å². The number of hydrogen-bond acceptors (Lipinski definition) is 3. The highest BCUT2D eigenvalue weighted by Crippen LogP contribution is 2.28. The van der Waals surface area contributed by atoms with Gasteiger partial charge in [-0.1, -0.05) is 30.3 Å². The SMILES string of the molecule is CCOC(=S)c1cc(OC)ccc1-c1ccccc1. The Labute approximate surface area is 119 Å². The summed E-state index contributed by atoms with van der Waals surface area (Å²) in [5, 5.41) is 0.500. The normalized spacial score (nSPS) is 10.0. The van der Waals surface area contributed by atoms with Gasteiger partial charge in [-0.05, 0) is 48.5 Å². The highest BCUT2D eigenvalue weighted by molar-refractivity contribution is 7.80. The molecule has 2 nitrogen and oxygen atoms in total. The van der Waals surface area contributed by atoms with Gasteiger partial charge in [0.2, 0.25) is 0 Å². The first-order valence-electron chi connectivity index (χ1n) is 6.17. The Morgan fingerprint density at radius 2 is 1.84 bits per heavy atom. The maximum Gasteiger partial charge on any atom is 0.191 e. The van der Waals surface area contributed by atoms with Crippen LogP contribution in [0.2, 0.25) is 0 Å². The molecule has 0 radical (unpaired) electrons. The molecule has 0 aliphatic rings. The standard InChI is InChI=1S/C16H16O2S/c1-3-18-16(19)15-11-13(17-2)9-10-14(15)12-7-5-4-6-8-12/h4-11H,3H2,1-2H3. The van der Waals surface area contributed by atoms with Crippen LogP contribution in [-0.4, -0.2) is 18.8 Å². The molecule has 0 spiro atoms. The van der Waals surface area contributed by atoms with Gasteiger partial charge >= 0.3 is 0 Å². The van der Waals surface area contributed by atoms with Crippen molar-refractivity contribution in [2.24, 2.45) is 0 Å². The van der Waals surface area contributed by atoms with Crippen molar-refractivity contribution in [1.29, 1.82) is 0 Å². The van der Waals surface area contributed by atoms with Crippen molar-refractivity contribution in [3.05, 3.63) is 54.1 Å². The van der Waals surface area contributed by atoms with E-state index in [0.29, 0.717) is 11.7 Å². The molecule has 0 fully saturated rings. The van der Waals surface area contributed by atoms with E-state index in [4.69, 9.17) is 21.7 Å². The van der Waals surface area contributed by atoms with Gasteiger partial charge < -0.3 is 9.47 Å². The fourth-order valence-corrected chi connectivity index (χ4v) is 2.18. The van der Waals surface area contributed by atoms with Crippen LogP contribution in [0.3, 0.4) is 0 Å². The fraction of sp³-hybridized carbons (Fsp3) is 0.188. The van der Waals surface area contributed by atoms with Gasteiger partial charge in [-0.2, -0.15) is 0 Å². The summed E-state index contributed by atoms with van der Waals surface area (Å²) in [6.07, 6.45) is 0. The Kier molecular flexibility index (Phi) is 4.53. The number of hydrogen-bond donors (Lipinski definition) is 0. The van der Waals surface area contributed by atoms with E-state index in [2.05, 4.69) is 12.1 Å². The van der Waals surface area contributed by atoms with E-state index in [1.54, 1.807) is 7.11 Å². The topological polar surface area (TPSA) is 18.5 Å².